The van der Waals surface area contributed by atoms with E-state index in [1.165, 1.54) is 10.3 Å². The van der Waals surface area contributed by atoms with Gasteiger partial charge in [0, 0.05) is 24.7 Å². The number of hydrogen-bond donors (Lipinski definition) is 1. The fourth-order valence-electron chi connectivity index (χ4n) is 4.08. The molecule has 1 aromatic heterocycles. The number of benzene rings is 3. The number of aryl methyl sites for hydroxylation is 1. The minimum Gasteiger partial charge on any atom is -0.357 e. The lowest BCUT2D eigenvalue weighted by Crippen LogP contribution is -2.31. The number of fused-ring (bicyclic) bond motifs is 1. The molecule has 0 bridgehead atoms. The molecule has 1 N–H and O–H groups in total. The lowest BCUT2D eigenvalue weighted by Gasteiger charge is -2.19. The van der Waals surface area contributed by atoms with Crippen LogP contribution in [-0.4, -0.2) is 34.9 Å². The number of nitrogens with one attached hydrogen (secondary N) is 1. The van der Waals surface area contributed by atoms with E-state index in [4.69, 9.17) is 0 Å². The second kappa shape index (κ2) is 7.92. The first-order valence-electron chi connectivity index (χ1n) is 10.2. The van der Waals surface area contributed by atoms with E-state index >= 15 is 0 Å². The third kappa shape index (κ3) is 3.68. The summed E-state index contributed by atoms with van der Waals surface area (Å²) in [5.74, 6) is 0.0979. The van der Waals surface area contributed by atoms with Crippen molar-refractivity contribution >= 4 is 32.6 Å². The third-order valence-corrected chi connectivity index (χ3v) is 6.55. The molecular formula is C25H23N3OS. The molecule has 5 heteroatoms. The molecule has 1 fully saturated rings. The van der Waals surface area contributed by atoms with Crippen LogP contribution in [-0.2, 0) is 0 Å². The molecule has 1 amide bonds. The fourth-order valence-corrected chi connectivity index (χ4v) is 5.02. The van der Waals surface area contributed by atoms with Crippen LogP contribution in [0.4, 0.5) is 5.13 Å². The van der Waals surface area contributed by atoms with Gasteiger partial charge in [-0.15, -0.1) is 0 Å². The fraction of sp³-hybridized carbons (Fsp3) is 0.200. The summed E-state index contributed by atoms with van der Waals surface area (Å²) in [5.41, 5.74) is 5.05. The second-order valence-electron chi connectivity index (χ2n) is 7.78. The third-order valence-electron chi connectivity index (χ3n) is 5.58. The zero-order valence-corrected chi connectivity index (χ0v) is 17.7. The number of thiazole rings is 1. The Balaban J connectivity index is 1.33. The van der Waals surface area contributed by atoms with E-state index in [1.54, 1.807) is 11.3 Å². The number of hydrogen-bond acceptors (Lipinski definition) is 4. The van der Waals surface area contributed by atoms with Gasteiger partial charge in [-0.3, -0.25) is 4.79 Å². The van der Waals surface area contributed by atoms with Gasteiger partial charge in [0.2, 0.25) is 0 Å². The van der Waals surface area contributed by atoms with Gasteiger partial charge in [-0.1, -0.05) is 71.5 Å². The Hall–Kier alpha value is -3.18. The average Bonchev–Trinajstić information content (AvgIpc) is 3.40. The Morgan fingerprint density at radius 3 is 2.77 bits per heavy atom. The lowest BCUT2D eigenvalue weighted by molar-refractivity contribution is 0.0792. The van der Waals surface area contributed by atoms with E-state index in [-0.39, 0.29) is 11.9 Å². The first kappa shape index (κ1) is 18.8. The molecule has 2 heterocycles. The van der Waals surface area contributed by atoms with Crippen LogP contribution < -0.4 is 5.32 Å². The topological polar surface area (TPSA) is 45.2 Å². The van der Waals surface area contributed by atoms with Gasteiger partial charge in [-0.05, 0) is 42.7 Å². The van der Waals surface area contributed by atoms with Crippen LogP contribution in [0.1, 0.15) is 22.3 Å². The maximum atomic E-state index is 13.4. The highest BCUT2D eigenvalue weighted by Crippen LogP contribution is 2.29. The molecule has 150 valence electrons. The van der Waals surface area contributed by atoms with Gasteiger partial charge >= 0.3 is 0 Å². The van der Waals surface area contributed by atoms with Crippen LogP contribution in [0.5, 0.6) is 0 Å². The van der Waals surface area contributed by atoms with Gasteiger partial charge in [0.15, 0.2) is 5.13 Å². The van der Waals surface area contributed by atoms with Crippen LogP contribution in [0.2, 0.25) is 0 Å². The molecule has 30 heavy (non-hydrogen) atoms. The van der Waals surface area contributed by atoms with Crippen molar-refractivity contribution in [1.82, 2.24) is 9.88 Å². The van der Waals surface area contributed by atoms with Crippen LogP contribution in [0.15, 0.2) is 72.8 Å². The van der Waals surface area contributed by atoms with Gasteiger partial charge in [0.25, 0.3) is 5.91 Å². The van der Waals surface area contributed by atoms with E-state index in [0.717, 1.165) is 40.3 Å². The molecule has 0 spiro atoms. The molecule has 4 nitrogen and oxygen atoms in total. The number of carbonyl (C=O) groups excluding carboxylic acids is 1. The van der Waals surface area contributed by atoms with Crippen molar-refractivity contribution in [3.05, 3.63) is 83.9 Å². The number of amides is 1. The summed E-state index contributed by atoms with van der Waals surface area (Å²) in [6, 6.07) is 24.6. The first-order chi connectivity index (χ1) is 14.7. The van der Waals surface area contributed by atoms with Crippen molar-refractivity contribution in [2.75, 3.05) is 18.4 Å². The largest absolute Gasteiger partial charge is 0.357 e. The highest BCUT2D eigenvalue weighted by Gasteiger charge is 2.28. The molecule has 4 aromatic rings. The Bertz CT molecular complexity index is 1180. The lowest BCUT2D eigenvalue weighted by atomic mass is 9.97. The predicted molar refractivity (Wildman–Crippen MR) is 124 cm³/mol. The van der Waals surface area contributed by atoms with Crippen molar-refractivity contribution in [2.45, 2.75) is 19.4 Å². The number of rotatable bonds is 4. The summed E-state index contributed by atoms with van der Waals surface area (Å²) in [7, 11) is 0. The normalized spacial score (nSPS) is 16.2. The molecule has 5 rings (SSSR count). The van der Waals surface area contributed by atoms with Gasteiger partial charge in [-0.2, -0.15) is 0 Å². The molecule has 0 radical (unpaired) electrons. The summed E-state index contributed by atoms with van der Waals surface area (Å²) < 4.78 is 1.18. The van der Waals surface area contributed by atoms with Crippen LogP contribution in [0.3, 0.4) is 0 Å². The Labute approximate surface area is 180 Å². The molecule has 1 atom stereocenters. The summed E-state index contributed by atoms with van der Waals surface area (Å²) in [6.45, 7) is 3.52. The molecule has 1 unspecified atom stereocenters. The minimum absolute atomic E-state index is 0.0979. The zero-order chi connectivity index (χ0) is 20.5. The van der Waals surface area contributed by atoms with E-state index in [2.05, 4.69) is 41.5 Å². The molecule has 1 aliphatic heterocycles. The molecule has 0 saturated carbocycles. The molecule has 0 aliphatic carbocycles. The Kier molecular flexibility index (Phi) is 4.97. The van der Waals surface area contributed by atoms with Crippen LogP contribution in [0.25, 0.3) is 21.3 Å². The Morgan fingerprint density at radius 2 is 1.90 bits per heavy atom. The zero-order valence-electron chi connectivity index (χ0n) is 16.8. The quantitative estimate of drug-likeness (QED) is 0.474. The number of anilines is 1. The van der Waals surface area contributed by atoms with Crippen molar-refractivity contribution < 1.29 is 4.79 Å². The van der Waals surface area contributed by atoms with Gasteiger partial charge in [-0.25, -0.2) is 4.98 Å². The highest BCUT2D eigenvalue weighted by atomic mass is 32.1. The summed E-state index contributed by atoms with van der Waals surface area (Å²) in [6.07, 6.45) is 0.925. The van der Waals surface area contributed by atoms with Gasteiger partial charge in [0.05, 0.1) is 10.2 Å². The predicted octanol–water partition coefficient (Wildman–Crippen LogP) is 5.60. The molecule has 3 aromatic carbocycles. The van der Waals surface area contributed by atoms with E-state index in [1.807, 2.05) is 53.4 Å². The summed E-state index contributed by atoms with van der Waals surface area (Å²) in [5, 5.41) is 4.46. The van der Waals surface area contributed by atoms with Gasteiger partial charge < -0.3 is 10.2 Å². The Morgan fingerprint density at radius 1 is 1.07 bits per heavy atom. The number of para-hydroxylation sites is 1. The molecular weight excluding hydrogens is 390 g/mol. The number of aromatic nitrogens is 1. The molecule has 1 saturated heterocycles. The van der Waals surface area contributed by atoms with Crippen molar-refractivity contribution in [3.63, 3.8) is 0 Å². The summed E-state index contributed by atoms with van der Waals surface area (Å²) in [4.78, 5) is 20.0. The highest BCUT2D eigenvalue weighted by molar-refractivity contribution is 7.22. The minimum atomic E-state index is 0.0979. The molecule has 1 aliphatic rings. The second-order valence-corrected chi connectivity index (χ2v) is 8.81. The van der Waals surface area contributed by atoms with Gasteiger partial charge in [0.1, 0.15) is 0 Å². The smallest absolute Gasteiger partial charge is 0.254 e. The maximum absolute atomic E-state index is 13.4. The van der Waals surface area contributed by atoms with Crippen LogP contribution in [0, 0.1) is 6.92 Å². The monoisotopic (exact) mass is 413 g/mol. The summed E-state index contributed by atoms with van der Waals surface area (Å²) >= 11 is 1.67. The SMILES string of the molecule is Cc1cccc(-c2ccccc2C(=O)N2CCC(Nc3nc4ccccc4s3)C2)c1. The van der Waals surface area contributed by atoms with E-state index in [9.17, 15) is 4.79 Å². The van der Waals surface area contributed by atoms with Crippen molar-refractivity contribution in [3.8, 4) is 11.1 Å². The number of nitrogens with zero attached hydrogens (tertiary/aromatic N) is 2. The number of carbonyl (C=O) groups is 1. The standard InChI is InChI=1S/C25H23N3OS/c1-17-7-6-8-18(15-17)20-9-2-3-10-21(20)24(29)28-14-13-19(16-28)26-25-27-22-11-4-5-12-23(22)30-25/h2-12,15,19H,13-14,16H2,1H3,(H,26,27). The first-order valence-corrected chi connectivity index (χ1v) is 11.1. The van der Waals surface area contributed by atoms with Crippen molar-refractivity contribution in [1.29, 1.82) is 0 Å². The number of likely N-dealkylation sites (tertiary alicyclic amines) is 1. The average molecular weight is 414 g/mol. The van der Waals surface area contributed by atoms with Crippen LogP contribution >= 0.6 is 11.3 Å². The van der Waals surface area contributed by atoms with E-state index in [0.29, 0.717) is 6.54 Å². The maximum Gasteiger partial charge on any atom is 0.254 e. The van der Waals surface area contributed by atoms with E-state index < -0.39 is 0 Å². The van der Waals surface area contributed by atoms with Crippen molar-refractivity contribution in [2.24, 2.45) is 0 Å².